The molecule has 2 aromatic carbocycles. The van der Waals surface area contributed by atoms with Crippen molar-refractivity contribution in [3.8, 4) is 11.3 Å². The maximum Gasteiger partial charge on any atom is 0.416 e. The Hall–Kier alpha value is -3.26. The first-order chi connectivity index (χ1) is 14.6. The smallest absolute Gasteiger partial charge is 0.416 e. The number of aryl methyl sites for hydroxylation is 1. The molecule has 0 saturated carbocycles. The van der Waals surface area contributed by atoms with Crippen LogP contribution in [0.25, 0.3) is 11.3 Å². The number of amides is 1. The third-order valence-corrected chi connectivity index (χ3v) is 4.83. The van der Waals surface area contributed by atoms with Crippen LogP contribution in [-0.2, 0) is 28.7 Å². The normalized spacial score (nSPS) is 11.4. The largest absolute Gasteiger partial charge is 0.481 e. The summed E-state index contributed by atoms with van der Waals surface area (Å²) in [5.74, 6) is -1.52. The molecular weight excluding hydrogens is 433 g/mol. The Morgan fingerprint density at radius 2 is 1.74 bits per heavy atom. The molecule has 0 aliphatic heterocycles. The molecule has 0 aliphatic rings. The second-order valence-corrected chi connectivity index (χ2v) is 7.26. The highest BCUT2D eigenvalue weighted by Gasteiger charge is 2.30. The van der Waals surface area contributed by atoms with Gasteiger partial charge >= 0.3 is 12.1 Å². The summed E-state index contributed by atoms with van der Waals surface area (Å²) < 4.78 is 40.4. The molecule has 5 nitrogen and oxygen atoms in total. The van der Waals surface area contributed by atoms with Crippen molar-refractivity contribution >= 4 is 29.2 Å². The quantitative estimate of drug-likeness (QED) is 0.500. The Morgan fingerprint density at radius 3 is 2.39 bits per heavy atom. The van der Waals surface area contributed by atoms with Crippen LogP contribution in [0, 0.1) is 0 Å². The molecular formula is C22H18ClF3N2O3. The van der Waals surface area contributed by atoms with Crippen molar-refractivity contribution < 1.29 is 27.9 Å². The molecule has 0 spiro atoms. The summed E-state index contributed by atoms with van der Waals surface area (Å²) in [6.07, 6.45) is -4.45. The Morgan fingerprint density at radius 1 is 1.03 bits per heavy atom. The molecule has 0 atom stereocenters. The molecule has 0 aliphatic carbocycles. The summed E-state index contributed by atoms with van der Waals surface area (Å²) >= 11 is 5.93. The van der Waals surface area contributed by atoms with Gasteiger partial charge in [-0.05, 0) is 54.4 Å². The molecule has 3 rings (SSSR count). The zero-order chi connectivity index (χ0) is 22.6. The number of aliphatic carboxylic acids is 1. The average Bonchev–Trinajstić information content (AvgIpc) is 3.09. The lowest BCUT2D eigenvalue weighted by molar-refractivity contribution is -0.138. The van der Waals surface area contributed by atoms with Gasteiger partial charge < -0.3 is 15.0 Å². The molecule has 0 fully saturated rings. The highest BCUT2D eigenvalue weighted by molar-refractivity contribution is 6.30. The lowest BCUT2D eigenvalue weighted by Gasteiger charge is -2.15. The molecule has 1 heterocycles. The predicted octanol–water partition coefficient (Wildman–Crippen LogP) is 5.48. The number of carboxylic acid groups (broad SMARTS) is 1. The molecule has 1 amide bonds. The molecule has 9 heteroatoms. The van der Waals surface area contributed by atoms with Gasteiger partial charge in [-0.2, -0.15) is 13.2 Å². The van der Waals surface area contributed by atoms with Gasteiger partial charge in [-0.1, -0.05) is 29.8 Å². The fraction of sp³-hybridized carbons (Fsp3) is 0.182. The minimum absolute atomic E-state index is 0.0205. The van der Waals surface area contributed by atoms with E-state index >= 15 is 0 Å². The second kappa shape index (κ2) is 9.26. The first-order valence-electron chi connectivity index (χ1n) is 9.27. The minimum Gasteiger partial charge on any atom is -0.481 e. The van der Waals surface area contributed by atoms with Crippen molar-refractivity contribution in [2.24, 2.45) is 0 Å². The monoisotopic (exact) mass is 450 g/mol. The molecule has 0 unspecified atom stereocenters. The van der Waals surface area contributed by atoms with E-state index in [1.165, 1.54) is 12.1 Å². The fourth-order valence-corrected chi connectivity index (χ4v) is 3.27. The van der Waals surface area contributed by atoms with Gasteiger partial charge in [-0.25, -0.2) is 0 Å². The molecule has 1 aromatic heterocycles. The van der Waals surface area contributed by atoms with Gasteiger partial charge in [0.2, 0.25) is 5.91 Å². The van der Waals surface area contributed by atoms with Gasteiger partial charge in [0.15, 0.2) is 0 Å². The summed E-state index contributed by atoms with van der Waals surface area (Å²) in [6.45, 7) is -0.198. The predicted molar refractivity (Wildman–Crippen MR) is 111 cm³/mol. The van der Waals surface area contributed by atoms with E-state index in [1.807, 2.05) is 0 Å². The molecule has 31 heavy (non-hydrogen) atoms. The van der Waals surface area contributed by atoms with Crippen LogP contribution in [0.4, 0.5) is 18.9 Å². The number of nitrogens with zero attached hydrogens (tertiary/aromatic N) is 1. The molecule has 3 aromatic rings. The molecule has 2 N–H and O–H groups in total. The molecule has 0 bridgehead atoms. The third kappa shape index (κ3) is 5.88. The van der Waals surface area contributed by atoms with Crippen molar-refractivity contribution in [2.45, 2.75) is 25.6 Å². The van der Waals surface area contributed by atoms with Gasteiger partial charge in [-0.15, -0.1) is 0 Å². The Kier molecular flexibility index (Phi) is 6.70. The van der Waals surface area contributed by atoms with E-state index < -0.39 is 23.6 Å². The van der Waals surface area contributed by atoms with E-state index in [1.54, 1.807) is 41.0 Å². The van der Waals surface area contributed by atoms with Crippen LogP contribution in [0.15, 0.2) is 60.7 Å². The van der Waals surface area contributed by atoms with E-state index in [0.29, 0.717) is 16.4 Å². The van der Waals surface area contributed by atoms with Gasteiger partial charge in [-0.3, -0.25) is 9.59 Å². The second-order valence-electron chi connectivity index (χ2n) is 6.82. The first kappa shape index (κ1) is 22.4. The van der Waals surface area contributed by atoms with Crippen molar-refractivity contribution in [3.63, 3.8) is 0 Å². The summed E-state index contributed by atoms with van der Waals surface area (Å²) in [5, 5.41) is 12.0. The average molecular weight is 451 g/mol. The number of carboxylic acids is 1. The number of benzene rings is 2. The van der Waals surface area contributed by atoms with Crippen molar-refractivity contribution in [1.29, 1.82) is 0 Å². The number of hydrogen-bond donors (Lipinski definition) is 2. The van der Waals surface area contributed by atoms with Crippen LogP contribution in [0.1, 0.15) is 17.7 Å². The topological polar surface area (TPSA) is 71.3 Å². The lowest BCUT2D eigenvalue weighted by Crippen LogP contribution is -2.21. The maximum absolute atomic E-state index is 12.9. The van der Waals surface area contributed by atoms with Gasteiger partial charge in [0, 0.05) is 22.1 Å². The Labute approximate surface area is 181 Å². The zero-order valence-corrected chi connectivity index (χ0v) is 16.9. The van der Waals surface area contributed by atoms with Crippen LogP contribution in [-0.4, -0.2) is 21.6 Å². The van der Waals surface area contributed by atoms with E-state index in [-0.39, 0.29) is 25.1 Å². The molecule has 162 valence electrons. The minimum atomic E-state index is -4.52. The number of nitrogens with one attached hydrogen (secondary N) is 1. The summed E-state index contributed by atoms with van der Waals surface area (Å²) in [4.78, 5) is 23.6. The van der Waals surface area contributed by atoms with Crippen LogP contribution in [0.2, 0.25) is 5.02 Å². The van der Waals surface area contributed by atoms with Crippen LogP contribution >= 0.6 is 11.6 Å². The SMILES string of the molecule is O=C(O)CCc1ccc(-c2ccc(Cl)cc2)n1CC(=O)Nc1cccc(C(F)(F)F)c1. The lowest BCUT2D eigenvalue weighted by atomic mass is 10.1. The summed E-state index contributed by atoms with van der Waals surface area (Å²) in [6, 6.07) is 14.8. The standard InChI is InChI=1S/C22H18ClF3N2O3/c23-16-6-4-14(5-7-16)19-10-8-18(9-11-21(30)31)28(19)13-20(29)27-17-3-1-2-15(12-17)22(24,25)26/h1-8,10,12H,9,11,13H2,(H,27,29)(H,30,31). The van der Waals surface area contributed by atoms with Gasteiger partial charge in [0.1, 0.15) is 6.54 Å². The van der Waals surface area contributed by atoms with E-state index in [2.05, 4.69) is 5.32 Å². The third-order valence-electron chi connectivity index (χ3n) is 4.58. The Bertz CT molecular complexity index is 1090. The van der Waals surface area contributed by atoms with Crippen molar-refractivity contribution in [1.82, 2.24) is 4.57 Å². The number of halogens is 4. The highest BCUT2D eigenvalue weighted by Crippen LogP contribution is 2.31. The summed E-state index contributed by atoms with van der Waals surface area (Å²) in [5.41, 5.74) is 1.20. The van der Waals surface area contributed by atoms with Gasteiger partial charge in [0.25, 0.3) is 0 Å². The van der Waals surface area contributed by atoms with Crippen LogP contribution in [0.5, 0.6) is 0 Å². The fourth-order valence-electron chi connectivity index (χ4n) is 3.14. The van der Waals surface area contributed by atoms with Gasteiger partial charge in [0.05, 0.1) is 12.0 Å². The number of aromatic nitrogens is 1. The number of alkyl halides is 3. The Balaban J connectivity index is 1.86. The molecule has 0 radical (unpaired) electrons. The maximum atomic E-state index is 12.9. The number of rotatable bonds is 7. The zero-order valence-electron chi connectivity index (χ0n) is 16.1. The van der Waals surface area contributed by atoms with E-state index in [9.17, 15) is 22.8 Å². The summed E-state index contributed by atoms with van der Waals surface area (Å²) in [7, 11) is 0. The highest BCUT2D eigenvalue weighted by atomic mass is 35.5. The first-order valence-corrected chi connectivity index (χ1v) is 9.64. The van der Waals surface area contributed by atoms with Crippen LogP contribution in [0.3, 0.4) is 0 Å². The van der Waals surface area contributed by atoms with Crippen molar-refractivity contribution in [3.05, 3.63) is 76.9 Å². The number of anilines is 1. The number of carbonyl (C=O) groups is 2. The van der Waals surface area contributed by atoms with E-state index in [4.69, 9.17) is 16.7 Å². The van der Waals surface area contributed by atoms with E-state index in [0.717, 1.165) is 17.7 Å². The molecule has 0 saturated heterocycles. The number of hydrogen-bond acceptors (Lipinski definition) is 2. The number of carbonyl (C=O) groups excluding carboxylic acids is 1. The van der Waals surface area contributed by atoms with Crippen LogP contribution < -0.4 is 5.32 Å². The van der Waals surface area contributed by atoms with Crippen molar-refractivity contribution in [2.75, 3.05) is 5.32 Å².